The lowest BCUT2D eigenvalue weighted by Crippen LogP contribution is -2.50. The minimum atomic E-state index is -0.510. The van der Waals surface area contributed by atoms with Crippen molar-refractivity contribution in [3.05, 3.63) is 22.0 Å². The van der Waals surface area contributed by atoms with Crippen molar-refractivity contribution in [3.63, 3.8) is 0 Å². The number of ether oxygens (including phenoxy) is 1. The SMILES string of the molecule is CC(C)(C)OC(=O)N1CCN(c2nc(Cl)nc3cc(Br)c4cn[nH]c4c23)CC1. The van der Waals surface area contributed by atoms with Gasteiger partial charge in [0.1, 0.15) is 11.4 Å². The molecular weight excluding hydrogens is 448 g/mol. The molecule has 1 saturated heterocycles. The Morgan fingerprint density at radius 3 is 2.64 bits per heavy atom. The second-order valence-corrected chi connectivity index (χ2v) is 8.87. The molecule has 10 heteroatoms. The normalized spacial score (nSPS) is 15.5. The molecule has 0 saturated carbocycles. The Labute approximate surface area is 175 Å². The highest BCUT2D eigenvalue weighted by Crippen LogP contribution is 2.35. The van der Waals surface area contributed by atoms with Crippen LogP contribution in [0.4, 0.5) is 10.6 Å². The van der Waals surface area contributed by atoms with Gasteiger partial charge in [0.25, 0.3) is 0 Å². The van der Waals surface area contributed by atoms with E-state index in [0.717, 1.165) is 32.1 Å². The minimum absolute atomic E-state index is 0.183. The summed E-state index contributed by atoms with van der Waals surface area (Å²) in [6, 6.07) is 1.92. The van der Waals surface area contributed by atoms with Crippen molar-refractivity contribution in [3.8, 4) is 0 Å². The lowest BCUT2D eigenvalue weighted by Gasteiger charge is -2.36. The number of amides is 1. The maximum atomic E-state index is 12.3. The summed E-state index contributed by atoms with van der Waals surface area (Å²) < 4.78 is 6.36. The molecule has 0 spiro atoms. The highest BCUT2D eigenvalue weighted by atomic mass is 79.9. The Hall–Kier alpha value is -2.13. The first-order valence-corrected chi connectivity index (χ1v) is 10.1. The van der Waals surface area contributed by atoms with Gasteiger partial charge in [-0.05, 0) is 54.4 Å². The summed E-state index contributed by atoms with van der Waals surface area (Å²) in [6.07, 6.45) is 1.47. The Morgan fingerprint density at radius 2 is 1.96 bits per heavy atom. The fourth-order valence-corrected chi connectivity index (χ4v) is 3.98. The standard InChI is InChI=1S/C18H20BrClN6O2/c1-18(2,3)28-17(27)26-6-4-25(5-7-26)15-13-12(22-16(20)23-15)8-11(19)10-9-21-24-14(10)13/h8-9H,4-7H2,1-3H3,(H,21,24). The lowest BCUT2D eigenvalue weighted by atomic mass is 10.1. The zero-order valence-electron chi connectivity index (χ0n) is 15.8. The number of nitrogens with zero attached hydrogens (tertiary/aromatic N) is 5. The van der Waals surface area contributed by atoms with Crippen LogP contribution in [0.3, 0.4) is 0 Å². The molecule has 8 nitrogen and oxygen atoms in total. The van der Waals surface area contributed by atoms with Crippen LogP contribution >= 0.6 is 27.5 Å². The fraction of sp³-hybridized carbons (Fsp3) is 0.444. The molecule has 3 heterocycles. The van der Waals surface area contributed by atoms with Gasteiger partial charge in [0.2, 0.25) is 5.28 Å². The number of carbonyl (C=O) groups excluding carboxylic acids is 1. The average Bonchev–Trinajstić information content (AvgIpc) is 3.10. The smallest absolute Gasteiger partial charge is 0.410 e. The van der Waals surface area contributed by atoms with Crippen molar-refractivity contribution in [2.45, 2.75) is 26.4 Å². The van der Waals surface area contributed by atoms with Crippen LogP contribution in [0.2, 0.25) is 5.28 Å². The predicted molar refractivity (Wildman–Crippen MR) is 112 cm³/mol. The van der Waals surface area contributed by atoms with Gasteiger partial charge in [-0.1, -0.05) is 0 Å². The monoisotopic (exact) mass is 466 g/mol. The number of carbonyl (C=O) groups is 1. The van der Waals surface area contributed by atoms with Crippen LogP contribution in [-0.4, -0.2) is 62.9 Å². The maximum absolute atomic E-state index is 12.3. The van der Waals surface area contributed by atoms with E-state index in [1.807, 2.05) is 26.8 Å². The molecule has 1 amide bonds. The molecule has 0 bridgehead atoms. The van der Waals surface area contributed by atoms with Crippen LogP contribution in [0.1, 0.15) is 20.8 Å². The van der Waals surface area contributed by atoms with E-state index in [2.05, 4.69) is 41.0 Å². The number of fused-ring (bicyclic) bond motifs is 3. The summed E-state index contributed by atoms with van der Waals surface area (Å²) >= 11 is 9.75. The Morgan fingerprint density at radius 1 is 1.25 bits per heavy atom. The van der Waals surface area contributed by atoms with E-state index in [0.29, 0.717) is 26.2 Å². The van der Waals surface area contributed by atoms with Gasteiger partial charge in [-0.3, -0.25) is 5.10 Å². The van der Waals surface area contributed by atoms with Gasteiger partial charge in [-0.15, -0.1) is 0 Å². The quantitative estimate of drug-likeness (QED) is 0.545. The zero-order valence-corrected chi connectivity index (χ0v) is 18.1. The van der Waals surface area contributed by atoms with E-state index in [9.17, 15) is 4.79 Å². The molecule has 1 aromatic carbocycles. The number of hydrogen-bond acceptors (Lipinski definition) is 6. The number of benzene rings is 1. The largest absolute Gasteiger partial charge is 0.444 e. The number of aromatic nitrogens is 4. The highest BCUT2D eigenvalue weighted by Gasteiger charge is 2.28. The van der Waals surface area contributed by atoms with Crippen LogP contribution < -0.4 is 4.90 Å². The first-order chi connectivity index (χ1) is 13.2. The Bertz CT molecular complexity index is 1060. The van der Waals surface area contributed by atoms with Crippen molar-refractivity contribution in [1.82, 2.24) is 25.1 Å². The van der Waals surface area contributed by atoms with E-state index in [4.69, 9.17) is 16.3 Å². The van der Waals surface area contributed by atoms with E-state index >= 15 is 0 Å². The molecule has 0 atom stereocenters. The topological polar surface area (TPSA) is 87.2 Å². The van der Waals surface area contributed by atoms with Crippen molar-refractivity contribution in [2.75, 3.05) is 31.1 Å². The van der Waals surface area contributed by atoms with E-state index in [-0.39, 0.29) is 11.4 Å². The number of H-pyrrole nitrogens is 1. The van der Waals surface area contributed by atoms with Gasteiger partial charge < -0.3 is 14.5 Å². The summed E-state index contributed by atoms with van der Waals surface area (Å²) in [5, 5.41) is 9.20. The Kier molecular flexibility index (Phi) is 4.83. The Balaban J connectivity index is 1.66. The van der Waals surface area contributed by atoms with Crippen molar-refractivity contribution >= 4 is 61.2 Å². The third kappa shape index (κ3) is 3.60. The molecule has 1 aliphatic rings. The average molecular weight is 468 g/mol. The number of hydrogen-bond donors (Lipinski definition) is 1. The number of aromatic amines is 1. The molecule has 0 unspecified atom stereocenters. The van der Waals surface area contributed by atoms with E-state index < -0.39 is 5.60 Å². The molecule has 1 N–H and O–H groups in total. The van der Waals surface area contributed by atoms with Gasteiger partial charge in [0, 0.05) is 36.0 Å². The van der Waals surface area contributed by atoms with Gasteiger partial charge >= 0.3 is 6.09 Å². The van der Waals surface area contributed by atoms with Crippen molar-refractivity contribution < 1.29 is 9.53 Å². The van der Waals surface area contributed by atoms with Gasteiger partial charge in [0.15, 0.2) is 0 Å². The molecule has 28 heavy (non-hydrogen) atoms. The van der Waals surface area contributed by atoms with Gasteiger partial charge in [0.05, 0.1) is 22.6 Å². The third-order valence-corrected chi connectivity index (χ3v) is 5.36. The van der Waals surface area contributed by atoms with Crippen LogP contribution in [0.5, 0.6) is 0 Å². The van der Waals surface area contributed by atoms with Crippen LogP contribution in [0.25, 0.3) is 21.8 Å². The predicted octanol–water partition coefficient (Wildman–Crippen LogP) is 3.98. The number of halogens is 2. The van der Waals surface area contributed by atoms with Crippen molar-refractivity contribution in [1.29, 1.82) is 0 Å². The molecular formula is C18H20BrClN6O2. The molecule has 1 fully saturated rings. The lowest BCUT2D eigenvalue weighted by molar-refractivity contribution is 0.0240. The van der Waals surface area contributed by atoms with Gasteiger partial charge in [-0.25, -0.2) is 9.78 Å². The summed E-state index contributed by atoms with van der Waals surface area (Å²) in [5.74, 6) is 0.737. The minimum Gasteiger partial charge on any atom is -0.444 e. The van der Waals surface area contributed by atoms with E-state index in [1.165, 1.54) is 0 Å². The van der Waals surface area contributed by atoms with Gasteiger partial charge in [-0.2, -0.15) is 10.1 Å². The second-order valence-electron chi connectivity index (χ2n) is 7.68. The van der Waals surface area contributed by atoms with Crippen LogP contribution in [0, 0.1) is 0 Å². The third-order valence-electron chi connectivity index (χ3n) is 4.53. The molecule has 0 radical (unpaired) electrons. The summed E-state index contributed by atoms with van der Waals surface area (Å²) in [6.45, 7) is 7.92. The number of rotatable bonds is 1. The van der Waals surface area contributed by atoms with E-state index in [1.54, 1.807) is 11.1 Å². The molecule has 3 aromatic rings. The number of anilines is 1. The molecule has 1 aliphatic heterocycles. The number of piperazine rings is 1. The van der Waals surface area contributed by atoms with Crippen LogP contribution in [0.15, 0.2) is 16.7 Å². The van der Waals surface area contributed by atoms with Crippen LogP contribution in [-0.2, 0) is 4.74 Å². The molecule has 2 aromatic heterocycles. The first kappa shape index (κ1) is 19.2. The second kappa shape index (κ2) is 7.04. The summed E-state index contributed by atoms with van der Waals surface area (Å²) in [7, 11) is 0. The summed E-state index contributed by atoms with van der Waals surface area (Å²) in [5.41, 5.74) is 1.07. The number of nitrogens with one attached hydrogen (secondary N) is 1. The zero-order chi connectivity index (χ0) is 20.1. The fourth-order valence-electron chi connectivity index (χ4n) is 3.29. The van der Waals surface area contributed by atoms with Crippen molar-refractivity contribution in [2.24, 2.45) is 0 Å². The molecule has 0 aliphatic carbocycles. The summed E-state index contributed by atoms with van der Waals surface area (Å²) in [4.78, 5) is 25.0. The first-order valence-electron chi connectivity index (χ1n) is 8.94. The molecule has 4 rings (SSSR count). The maximum Gasteiger partial charge on any atom is 0.410 e. The molecule has 148 valence electrons. The highest BCUT2D eigenvalue weighted by molar-refractivity contribution is 9.10.